The van der Waals surface area contributed by atoms with Crippen LogP contribution in [0.25, 0.3) is 0 Å². The molecule has 1 nitrogen and oxygen atoms in total. The van der Waals surface area contributed by atoms with Crippen LogP contribution in [0.15, 0.2) is 59.5 Å². The van der Waals surface area contributed by atoms with Crippen LogP contribution in [0.3, 0.4) is 0 Å². The maximum Gasteiger partial charge on any atom is 0.0882 e. The summed E-state index contributed by atoms with van der Waals surface area (Å²) >= 11 is 1.88. The first-order chi connectivity index (χ1) is 9.65. The molecule has 1 atom stereocenters. The normalized spacial score (nSPS) is 20.4. The first kappa shape index (κ1) is 13.7. The van der Waals surface area contributed by atoms with Gasteiger partial charge in [0.05, 0.1) is 11.7 Å². The largest absolute Gasteiger partial charge is 0.366 e. The van der Waals surface area contributed by atoms with Crippen molar-refractivity contribution in [1.29, 1.82) is 0 Å². The lowest BCUT2D eigenvalue weighted by molar-refractivity contribution is -0.0771. The van der Waals surface area contributed by atoms with E-state index in [2.05, 4.69) is 68.4 Å². The first-order valence-electron chi connectivity index (χ1n) is 7.09. The van der Waals surface area contributed by atoms with Crippen LogP contribution >= 0.6 is 11.8 Å². The van der Waals surface area contributed by atoms with Crippen LogP contribution in [0.4, 0.5) is 0 Å². The maximum absolute atomic E-state index is 6.30. The van der Waals surface area contributed by atoms with E-state index in [4.69, 9.17) is 4.74 Å². The second-order valence-electron chi connectivity index (χ2n) is 5.74. The predicted molar refractivity (Wildman–Crippen MR) is 85.2 cm³/mol. The van der Waals surface area contributed by atoms with Gasteiger partial charge in [-0.25, -0.2) is 0 Å². The molecular formula is C18H20OS. The van der Waals surface area contributed by atoms with Crippen molar-refractivity contribution >= 4 is 11.8 Å². The predicted octanol–water partition coefficient (Wildman–Crippen LogP) is 4.66. The fourth-order valence-corrected chi connectivity index (χ4v) is 3.77. The molecule has 0 bridgehead atoms. The Morgan fingerprint density at radius 2 is 1.75 bits per heavy atom. The van der Waals surface area contributed by atoms with Crippen molar-refractivity contribution < 1.29 is 4.74 Å². The van der Waals surface area contributed by atoms with Crippen LogP contribution in [0.5, 0.6) is 0 Å². The molecule has 0 N–H and O–H groups in total. The molecule has 0 spiro atoms. The lowest BCUT2D eigenvalue weighted by Gasteiger charge is -2.38. The van der Waals surface area contributed by atoms with Gasteiger partial charge < -0.3 is 4.74 Å². The fraction of sp³-hybridized carbons (Fsp3) is 0.333. The molecule has 2 aromatic carbocycles. The van der Waals surface area contributed by atoms with Gasteiger partial charge in [0.2, 0.25) is 0 Å². The molecule has 0 fully saturated rings. The number of hydrogen-bond acceptors (Lipinski definition) is 2. The summed E-state index contributed by atoms with van der Waals surface area (Å²) in [6.07, 6.45) is 1.30. The summed E-state index contributed by atoms with van der Waals surface area (Å²) in [5, 5.41) is 0. The third-order valence-electron chi connectivity index (χ3n) is 3.75. The number of thioether (sulfide) groups is 1. The third-order valence-corrected chi connectivity index (χ3v) is 4.90. The average molecular weight is 284 g/mol. The molecule has 0 unspecified atom stereocenters. The first-order valence-corrected chi connectivity index (χ1v) is 8.08. The molecule has 1 heterocycles. The highest BCUT2D eigenvalue weighted by Gasteiger charge is 2.33. The molecule has 0 saturated heterocycles. The topological polar surface area (TPSA) is 9.23 Å². The van der Waals surface area contributed by atoms with Gasteiger partial charge in [0.25, 0.3) is 0 Å². The Morgan fingerprint density at radius 3 is 2.55 bits per heavy atom. The summed E-state index contributed by atoms with van der Waals surface area (Å²) in [5.74, 6) is 1.00. The average Bonchev–Trinajstić information content (AvgIpc) is 2.46. The van der Waals surface area contributed by atoms with Gasteiger partial charge in [0.15, 0.2) is 0 Å². The molecule has 104 valence electrons. The van der Waals surface area contributed by atoms with E-state index in [9.17, 15) is 0 Å². The molecule has 2 heteroatoms. The van der Waals surface area contributed by atoms with Crippen LogP contribution in [0.1, 0.15) is 25.0 Å². The Morgan fingerprint density at radius 1 is 1.05 bits per heavy atom. The van der Waals surface area contributed by atoms with E-state index in [1.165, 1.54) is 16.0 Å². The lowest BCUT2D eigenvalue weighted by atomic mass is 9.87. The summed E-state index contributed by atoms with van der Waals surface area (Å²) in [6.45, 7) is 4.34. The Hall–Kier alpha value is -1.25. The van der Waals surface area contributed by atoms with E-state index in [1.54, 1.807) is 0 Å². The van der Waals surface area contributed by atoms with Crippen molar-refractivity contribution in [2.75, 3.05) is 5.75 Å². The van der Waals surface area contributed by atoms with Gasteiger partial charge in [0.1, 0.15) is 0 Å². The minimum absolute atomic E-state index is 0.184. The smallest absolute Gasteiger partial charge is 0.0882 e. The zero-order valence-corrected chi connectivity index (χ0v) is 12.8. The second kappa shape index (κ2) is 5.63. The van der Waals surface area contributed by atoms with E-state index < -0.39 is 0 Å². The summed E-state index contributed by atoms with van der Waals surface area (Å²) in [5.41, 5.74) is 2.58. The number of benzene rings is 2. The number of ether oxygens (including phenoxy) is 1. The fourth-order valence-electron chi connectivity index (χ4n) is 2.85. The zero-order valence-electron chi connectivity index (χ0n) is 12.0. The van der Waals surface area contributed by atoms with Gasteiger partial charge in [-0.3, -0.25) is 0 Å². The summed E-state index contributed by atoms with van der Waals surface area (Å²) < 4.78 is 6.30. The molecule has 0 amide bonds. The molecule has 1 aliphatic heterocycles. The SMILES string of the molecule is CC1(C)O[C@H](CSc2ccccc2)Cc2ccccc21. The molecule has 3 rings (SSSR count). The van der Waals surface area contributed by atoms with Crippen molar-refractivity contribution in [3.05, 3.63) is 65.7 Å². The lowest BCUT2D eigenvalue weighted by Crippen LogP contribution is -2.37. The Bertz CT molecular complexity index is 577. The summed E-state index contributed by atoms with van der Waals surface area (Å²) in [7, 11) is 0. The molecule has 2 aromatic rings. The summed E-state index contributed by atoms with van der Waals surface area (Å²) in [4.78, 5) is 1.31. The molecule has 0 aliphatic carbocycles. The Labute approximate surface area is 125 Å². The van der Waals surface area contributed by atoms with Crippen LogP contribution in [0.2, 0.25) is 0 Å². The molecule has 0 aromatic heterocycles. The van der Waals surface area contributed by atoms with Crippen molar-refractivity contribution in [3.8, 4) is 0 Å². The van der Waals surface area contributed by atoms with Crippen molar-refractivity contribution in [3.63, 3.8) is 0 Å². The quantitative estimate of drug-likeness (QED) is 0.758. The van der Waals surface area contributed by atoms with Gasteiger partial charge >= 0.3 is 0 Å². The van der Waals surface area contributed by atoms with E-state index >= 15 is 0 Å². The zero-order chi connectivity index (χ0) is 14.0. The monoisotopic (exact) mass is 284 g/mol. The third kappa shape index (κ3) is 2.92. The van der Waals surface area contributed by atoms with Gasteiger partial charge in [-0.05, 0) is 43.5 Å². The maximum atomic E-state index is 6.30. The highest BCUT2D eigenvalue weighted by molar-refractivity contribution is 7.99. The minimum atomic E-state index is -0.184. The molecule has 0 radical (unpaired) electrons. The Kier molecular flexibility index (Phi) is 3.86. The van der Waals surface area contributed by atoms with Gasteiger partial charge in [-0.2, -0.15) is 0 Å². The molecule has 0 saturated carbocycles. The minimum Gasteiger partial charge on any atom is -0.366 e. The molecule has 1 aliphatic rings. The second-order valence-corrected chi connectivity index (χ2v) is 6.83. The van der Waals surface area contributed by atoms with Crippen LogP contribution < -0.4 is 0 Å². The van der Waals surface area contributed by atoms with E-state index in [0.29, 0.717) is 0 Å². The van der Waals surface area contributed by atoms with Gasteiger partial charge in [-0.1, -0.05) is 42.5 Å². The van der Waals surface area contributed by atoms with Gasteiger partial charge in [0, 0.05) is 10.6 Å². The number of rotatable bonds is 3. The van der Waals surface area contributed by atoms with E-state index in [0.717, 1.165) is 12.2 Å². The van der Waals surface area contributed by atoms with Crippen LogP contribution in [-0.4, -0.2) is 11.9 Å². The van der Waals surface area contributed by atoms with E-state index in [1.807, 2.05) is 11.8 Å². The van der Waals surface area contributed by atoms with Gasteiger partial charge in [-0.15, -0.1) is 11.8 Å². The van der Waals surface area contributed by atoms with Crippen molar-refractivity contribution in [1.82, 2.24) is 0 Å². The van der Waals surface area contributed by atoms with Crippen molar-refractivity contribution in [2.45, 2.75) is 36.9 Å². The van der Waals surface area contributed by atoms with Crippen LogP contribution in [-0.2, 0) is 16.8 Å². The standard InChI is InChI=1S/C18H20OS/c1-18(2)17-11-7-6-8-14(17)12-15(19-18)13-20-16-9-4-3-5-10-16/h3-11,15H,12-13H2,1-2H3/t15-/m0/s1. The van der Waals surface area contributed by atoms with E-state index in [-0.39, 0.29) is 11.7 Å². The highest BCUT2D eigenvalue weighted by Crippen LogP contribution is 2.36. The molecular weight excluding hydrogens is 264 g/mol. The highest BCUT2D eigenvalue weighted by atomic mass is 32.2. The van der Waals surface area contributed by atoms with Crippen molar-refractivity contribution in [2.24, 2.45) is 0 Å². The summed E-state index contributed by atoms with van der Waals surface area (Å²) in [6, 6.07) is 19.2. The molecule has 20 heavy (non-hydrogen) atoms. The van der Waals surface area contributed by atoms with Crippen LogP contribution in [0, 0.1) is 0 Å². The number of hydrogen-bond donors (Lipinski definition) is 0. The number of fused-ring (bicyclic) bond motifs is 1. The Balaban J connectivity index is 1.72.